The summed E-state index contributed by atoms with van der Waals surface area (Å²) in [6.45, 7) is 17.1. The van der Waals surface area contributed by atoms with Crippen molar-refractivity contribution in [3.8, 4) is 23.7 Å². The zero-order valence-electron chi connectivity index (χ0n) is 22.4. The Kier molecular flexibility index (Phi) is 15.8. The van der Waals surface area contributed by atoms with Gasteiger partial charge in [-0.25, -0.2) is 0 Å². The average molecular weight is 445 g/mol. The molecule has 0 aromatic rings. The molecule has 0 spiro atoms. The third-order valence-corrected chi connectivity index (χ3v) is 6.01. The van der Waals surface area contributed by atoms with Crippen LogP contribution >= 0.6 is 0 Å². The van der Waals surface area contributed by atoms with Crippen LogP contribution in [0.25, 0.3) is 0 Å². The molecule has 0 aliphatic heterocycles. The molecule has 0 aromatic heterocycles. The highest BCUT2D eigenvalue weighted by Crippen LogP contribution is 2.20. The molecule has 0 aliphatic rings. The highest BCUT2D eigenvalue weighted by Gasteiger charge is 2.17. The second-order valence-electron chi connectivity index (χ2n) is 11.3. The van der Waals surface area contributed by atoms with Crippen LogP contribution < -0.4 is 0 Å². The average Bonchev–Trinajstić information content (AvgIpc) is 2.64. The molecular weight excluding hydrogens is 392 g/mol. The van der Waals surface area contributed by atoms with Crippen molar-refractivity contribution in [2.45, 2.75) is 131 Å². The molecule has 0 saturated carbocycles. The number of allylic oxidation sites excluding steroid dienone is 1. The summed E-state index contributed by atoms with van der Waals surface area (Å²) >= 11 is 0. The van der Waals surface area contributed by atoms with E-state index in [1.165, 1.54) is 38.5 Å². The summed E-state index contributed by atoms with van der Waals surface area (Å²) in [4.78, 5) is 0. The van der Waals surface area contributed by atoms with Crippen molar-refractivity contribution in [3.63, 3.8) is 0 Å². The Bertz CT molecular complexity index is 631. The van der Waals surface area contributed by atoms with Crippen LogP contribution in [-0.2, 0) is 0 Å². The minimum absolute atomic E-state index is 0.613. The fourth-order valence-corrected chi connectivity index (χ4v) is 3.76. The first kappa shape index (κ1) is 30.8. The van der Waals surface area contributed by atoms with Crippen LogP contribution in [0.1, 0.15) is 120 Å². The molecule has 0 aromatic carbocycles. The van der Waals surface area contributed by atoms with Gasteiger partial charge in [0.2, 0.25) is 0 Å². The summed E-state index contributed by atoms with van der Waals surface area (Å²) in [5, 5.41) is 20.9. The Morgan fingerprint density at radius 3 is 1.75 bits per heavy atom. The third-order valence-electron chi connectivity index (χ3n) is 6.01. The van der Waals surface area contributed by atoms with Crippen LogP contribution in [0, 0.1) is 47.4 Å². The number of rotatable bonds is 15. The monoisotopic (exact) mass is 444 g/mol. The Morgan fingerprint density at radius 2 is 1.19 bits per heavy atom. The molecule has 2 heteroatoms. The first-order valence-corrected chi connectivity index (χ1v) is 13.0. The van der Waals surface area contributed by atoms with Gasteiger partial charge in [-0.1, -0.05) is 104 Å². The Hall–Kier alpha value is -1.22. The molecule has 0 fully saturated rings. The van der Waals surface area contributed by atoms with Crippen molar-refractivity contribution < 1.29 is 10.2 Å². The molecule has 0 saturated heterocycles. The molecule has 32 heavy (non-hydrogen) atoms. The Labute approximate surface area is 200 Å². The van der Waals surface area contributed by atoms with Crippen molar-refractivity contribution in [3.05, 3.63) is 12.2 Å². The minimum atomic E-state index is -1.19. The van der Waals surface area contributed by atoms with Gasteiger partial charge in [0.05, 0.1) is 0 Å². The Balaban J connectivity index is 4.38. The van der Waals surface area contributed by atoms with Crippen LogP contribution in [0.15, 0.2) is 12.2 Å². The maximum atomic E-state index is 10.5. The summed E-state index contributed by atoms with van der Waals surface area (Å²) in [5.74, 6) is 14.0. The van der Waals surface area contributed by atoms with Gasteiger partial charge in [-0.3, -0.25) is 0 Å². The lowest BCUT2D eigenvalue weighted by Gasteiger charge is -2.18. The maximum Gasteiger partial charge on any atom is 0.142 e. The van der Waals surface area contributed by atoms with Crippen LogP contribution in [0.5, 0.6) is 0 Å². The van der Waals surface area contributed by atoms with Crippen molar-refractivity contribution in [2.75, 3.05) is 0 Å². The van der Waals surface area contributed by atoms with E-state index in [-0.39, 0.29) is 0 Å². The van der Waals surface area contributed by atoms with Gasteiger partial charge in [-0.15, -0.1) is 0 Å². The summed E-state index contributed by atoms with van der Waals surface area (Å²) in [7, 11) is 0. The van der Waals surface area contributed by atoms with Gasteiger partial charge < -0.3 is 10.2 Å². The van der Waals surface area contributed by atoms with E-state index in [1.54, 1.807) is 19.9 Å². The zero-order valence-corrected chi connectivity index (χ0v) is 22.4. The molecule has 2 N–H and O–H groups in total. The lowest BCUT2D eigenvalue weighted by molar-refractivity contribution is 0.107. The van der Waals surface area contributed by atoms with Gasteiger partial charge in [-0.05, 0) is 74.7 Å². The van der Waals surface area contributed by atoms with Crippen LogP contribution in [0.2, 0.25) is 0 Å². The molecule has 0 bridgehead atoms. The standard InChI is InChI=1S/C30H52O2/c1-25(2)15-11-17-27(5)19-13-23-29(7,31)21-9-10-22-30(8,32)24-14-20-28(6)18-12-16-26(3)4/h13,23,25-28,31-32H,11-12,14-20,24H2,1-8H3/b23-13+. The first-order chi connectivity index (χ1) is 14.8. The highest BCUT2D eigenvalue weighted by atomic mass is 16.3. The molecule has 0 heterocycles. The van der Waals surface area contributed by atoms with E-state index in [2.05, 4.69) is 65.2 Å². The summed E-state index contributed by atoms with van der Waals surface area (Å²) < 4.78 is 0. The fraction of sp³-hybridized carbons (Fsp3) is 0.800. The van der Waals surface area contributed by atoms with Gasteiger partial charge in [0, 0.05) is 0 Å². The molecule has 4 atom stereocenters. The van der Waals surface area contributed by atoms with Gasteiger partial charge in [0.1, 0.15) is 11.2 Å². The van der Waals surface area contributed by atoms with Crippen LogP contribution in [0.4, 0.5) is 0 Å². The number of aliphatic hydroxyl groups is 2. The predicted octanol–water partition coefficient (Wildman–Crippen LogP) is 7.54. The quantitative estimate of drug-likeness (QED) is 0.202. The van der Waals surface area contributed by atoms with E-state index >= 15 is 0 Å². The second kappa shape index (κ2) is 16.4. The van der Waals surface area contributed by atoms with Crippen LogP contribution in [0.3, 0.4) is 0 Å². The van der Waals surface area contributed by atoms with Gasteiger partial charge in [0.25, 0.3) is 0 Å². The van der Waals surface area contributed by atoms with E-state index < -0.39 is 11.2 Å². The molecular formula is C30H52O2. The molecule has 0 aliphatic carbocycles. The zero-order chi connectivity index (χ0) is 24.6. The van der Waals surface area contributed by atoms with E-state index in [0.717, 1.165) is 31.1 Å². The normalized spacial score (nSPS) is 17.2. The van der Waals surface area contributed by atoms with Gasteiger partial charge in [-0.2, -0.15) is 0 Å². The highest BCUT2D eigenvalue weighted by molar-refractivity contribution is 5.34. The Morgan fingerprint density at radius 1 is 0.688 bits per heavy atom. The molecule has 0 rings (SSSR count). The van der Waals surface area contributed by atoms with Crippen molar-refractivity contribution in [1.82, 2.24) is 0 Å². The van der Waals surface area contributed by atoms with Gasteiger partial charge in [0.15, 0.2) is 0 Å². The summed E-state index contributed by atoms with van der Waals surface area (Å²) in [5.41, 5.74) is -2.22. The SMILES string of the molecule is CC(C)CCCC(C)C/C=C/C(C)(O)C#CC#CC(C)(O)CCCC(C)CCCC(C)C. The maximum absolute atomic E-state index is 10.5. The smallest absolute Gasteiger partial charge is 0.142 e. The predicted molar refractivity (Wildman–Crippen MR) is 140 cm³/mol. The summed E-state index contributed by atoms with van der Waals surface area (Å²) in [6, 6.07) is 0. The lowest BCUT2D eigenvalue weighted by Crippen LogP contribution is -2.21. The van der Waals surface area contributed by atoms with E-state index in [1.807, 2.05) is 6.08 Å². The summed E-state index contributed by atoms with van der Waals surface area (Å²) in [6.07, 6.45) is 15.1. The molecule has 184 valence electrons. The second-order valence-corrected chi connectivity index (χ2v) is 11.3. The largest absolute Gasteiger partial charge is 0.378 e. The number of hydrogen-bond donors (Lipinski definition) is 2. The third kappa shape index (κ3) is 19.5. The molecule has 4 unspecified atom stereocenters. The van der Waals surface area contributed by atoms with Crippen LogP contribution in [-0.4, -0.2) is 21.4 Å². The molecule has 0 amide bonds. The first-order valence-electron chi connectivity index (χ1n) is 13.0. The fourth-order valence-electron chi connectivity index (χ4n) is 3.76. The van der Waals surface area contributed by atoms with E-state index in [0.29, 0.717) is 18.3 Å². The number of hydrogen-bond acceptors (Lipinski definition) is 2. The van der Waals surface area contributed by atoms with E-state index in [4.69, 9.17) is 0 Å². The van der Waals surface area contributed by atoms with Crippen molar-refractivity contribution in [2.24, 2.45) is 23.7 Å². The van der Waals surface area contributed by atoms with E-state index in [9.17, 15) is 10.2 Å². The minimum Gasteiger partial charge on any atom is -0.378 e. The molecule has 0 radical (unpaired) electrons. The van der Waals surface area contributed by atoms with Gasteiger partial charge >= 0.3 is 0 Å². The topological polar surface area (TPSA) is 40.5 Å². The molecule has 2 nitrogen and oxygen atoms in total. The van der Waals surface area contributed by atoms with Crippen molar-refractivity contribution >= 4 is 0 Å². The van der Waals surface area contributed by atoms with Crippen molar-refractivity contribution in [1.29, 1.82) is 0 Å². The lowest BCUT2D eigenvalue weighted by atomic mass is 9.92.